The normalized spacial score (nSPS) is 19.0. The average molecular weight is 480 g/mol. The zero-order valence-electron chi connectivity index (χ0n) is 17.5. The molecule has 2 unspecified atom stereocenters. The largest absolute Gasteiger partial charge is 0.489 e. The zero-order valence-corrected chi connectivity index (χ0v) is 19.0. The molecule has 0 aromatic heterocycles. The van der Waals surface area contributed by atoms with Gasteiger partial charge in [-0.05, 0) is 31.5 Å². The Morgan fingerprint density at radius 2 is 1.91 bits per heavy atom. The summed E-state index contributed by atoms with van der Waals surface area (Å²) < 4.78 is 5.42. The van der Waals surface area contributed by atoms with E-state index in [9.17, 15) is 19.5 Å². The maximum atomic E-state index is 12.9. The Labute approximate surface area is 195 Å². The lowest BCUT2D eigenvalue weighted by molar-refractivity contribution is -0.134. The standard InChI is InChI=1S/C22H23Cl2N3O5/c1-13-6-8-14(9-7-13)22(2)20(30)27(21(31)26-22)11-18(29)25-10-15(28)12-32-17-5-3-4-16(23)19(17)24/h3-9,15,28H,10-12H2,1-2H3,(H,25,29)(H,26,31). The van der Waals surface area contributed by atoms with Gasteiger partial charge in [0.15, 0.2) is 0 Å². The lowest BCUT2D eigenvalue weighted by Crippen LogP contribution is -2.45. The first kappa shape index (κ1) is 23.8. The lowest BCUT2D eigenvalue weighted by atomic mass is 9.91. The third kappa shape index (κ3) is 5.15. The molecule has 1 aliphatic heterocycles. The number of aryl methyl sites for hydroxylation is 1. The highest BCUT2D eigenvalue weighted by Gasteiger charge is 2.49. The maximum Gasteiger partial charge on any atom is 0.325 e. The van der Waals surface area contributed by atoms with Crippen molar-refractivity contribution in [3.05, 3.63) is 63.6 Å². The summed E-state index contributed by atoms with van der Waals surface area (Å²) >= 11 is 11.9. The number of carbonyl (C=O) groups excluding carboxylic acids is 3. The SMILES string of the molecule is Cc1ccc(C2(C)NC(=O)N(CC(=O)NCC(O)COc3cccc(Cl)c3Cl)C2=O)cc1. The highest BCUT2D eigenvalue weighted by molar-refractivity contribution is 6.42. The third-order valence-corrected chi connectivity index (χ3v) is 5.89. The Balaban J connectivity index is 1.52. The van der Waals surface area contributed by atoms with Gasteiger partial charge in [-0.3, -0.25) is 14.5 Å². The highest BCUT2D eigenvalue weighted by atomic mass is 35.5. The van der Waals surface area contributed by atoms with Gasteiger partial charge in [0.2, 0.25) is 5.91 Å². The van der Waals surface area contributed by atoms with Crippen LogP contribution in [0.3, 0.4) is 0 Å². The molecule has 0 spiro atoms. The molecule has 2 aromatic carbocycles. The molecule has 1 heterocycles. The zero-order chi connectivity index (χ0) is 23.5. The fourth-order valence-electron chi connectivity index (χ4n) is 3.19. The molecular weight excluding hydrogens is 457 g/mol. The van der Waals surface area contributed by atoms with Crippen molar-refractivity contribution in [2.75, 3.05) is 19.7 Å². The molecule has 1 saturated heterocycles. The summed E-state index contributed by atoms with van der Waals surface area (Å²) in [5, 5.41) is 15.7. The minimum absolute atomic E-state index is 0.143. The van der Waals surface area contributed by atoms with Gasteiger partial charge in [0.1, 0.15) is 35.6 Å². The first-order chi connectivity index (χ1) is 15.1. The number of hydrogen-bond donors (Lipinski definition) is 3. The molecule has 170 valence electrons. The molecule has 10 heteroatoms. The predicted octanol–water partition coefficient (Wildman–Crippen LogP) is 2.62. The van der Waals surface area contributed by atoms with Crippen LogP contribution in [0.15, 0.2) is 42.5 Å². The second-order valence-corrected chi connectivity index (χ2v) is 8.42. The fourth-order valence-corrected chi connectivity index (χ4v) is 3.54. The van der Waals surface area contributed by atoms with Crippen molar-refractivity contribution < 1.29 is 24.2 Å². The topological polar surface area (TPSA) is 108 Å². The average Bonchev–Trinajstić information content (AvgIpc) is 2.97. The van der Waals surface area contributed by atoms with Gasteiger partial charge in [0.25, 0.3) is 5.91 Å². The first-order valence-electron chi connectivity index (χ1n) is 9.84. The van der Waals surface area contributed by atoms with Crippen LogP contribution in [0, 0.1) is 6.92 Å². The number of amides is 4. The van der Waals surface area contributed by atoms with Crippen LogP contribution in [0.2, 0.25) is 10.0 Å². The minimum Gasteiger partial charge on any atom is -0.489 e. The number of nitrogens with one attached hydrogen (secondary N) is 2. The van der Waals surface area contributed by atoms with E-state index in [4.69, 9.17) is 27.9 Å². The number of ether oxygens (including phenoxy) is 1. The van der Waals surface area contributed by atoms with Crippen LogP contribution < -0.4 is 15.4 Å². The number of carbonyl (C=O) groups is 3. The molecule has 0 aliphatic carbocycles. The quantitative estimate of drug-likeness (QED) is 0.504. The maximum absolute atomic E-state index is 12.9. The van der Waals surface area contributed by atoms with E-state index in [1.807, 2.05) is 19.1 Å². The molecule has 2 atom stereocenters. The van der Waals surface area contributed by atoms with Crippen molar-refractivity contribution in [1.82, 2.24) is 15.5 Å². The molecule has 1 fully saturated rings. The van der Waals surface area contributed by atoms with Gasteiger partial charge in [-0.2, -0.15) is 0 Å². The van der Waals surface area contributed by atoms with Gasteiger partial charge in [-0.15, -0.1) is 0 Å². The van der Waals surface area contributed by atoms with Crippen molar-refractivity contribution in [3.63, 3.8) is 0 Å². The summed E-state index contributed by atoms with van der Waals surface area (Å²) in [6.07, 6.45) is -1.05. The van der Waals surface area contributed by atoms with Crippen molar-refractivity contribution >= 4 is 41.0 Å². The molecular formula is C22H23Cl2N3O5. The molecule has 32 heavy (non-hydrogen) atoms. The lowest BCUT2D eigenvalue weighted by Gasteiger charge is -2.22. The first-order valence-corrected chi connectivity index (χ1v) is 10.6. The number of hydrogen-bond acceptors (Lipinski definition) is 5. The van der Waals surface area contributed by atoms with Crippen LogP contribution in [-0.4, -0.2) is 53.7 Å². The van der Waals surface area contributed by atoms with Gasteiger partial charge in [-0.25, -0.2) is 4.79 Å². The number of imide groups is 1. The second-order valence-electron chi connectivity index (χ2n) is 7.63. The number of aliphatic hydroxyl groups is 1. The molecule has 0 bridgehead atoms. The predicted molar refractivity (Wildman–Crippen MR) is 120 cm³/mol. The van der Waals surface area contributed by atoms with Crippen molar-refractivity contribution in [2.24, 2.45) is 0 Å². The van der Waals surface area contributed by atoms with Crippen LogP contribution in [0.5, 0.6) is 5.75 Å². The second kappa shape index (κ2) is 9.77. The van der Waals surface area contributed by atoms with Crippen LogP contribution in [0.25, 0.3) is 0 Å². The molecule has 0 saturated carbocycles. The Kier molecular flexibility index (Phi) is 7.28. The molecule has 0 radical (unpaired) electrons. The summed E-state index contributed by atoms with van der Waals surface area (Å²) in [4.78, 5) is 38.4. The smallest absolute Gasteiger partial charge is 0.325 e. The van der Waals surface area contributed by atoms with Crippen LogP contribution in [-0.2, 0) is 15.1 Å². The van der Waals surface area contributed by atoms with Crippen molar-refractivity contribution in [2.45, 2.75) is 25.5 Å². The van der Waals surface area contributed by atoms with Crippen LogP contribution in [0.4, 0.5) is 4.79 Å². The number of aliphatic hydroxyl groups excluding tert-OH is 1. The number of rotatable bonds is 8. The molecule has 3 N–H and O–H groups in total. The van der Waals surface area contributed by atoms with Crippen molar-refractivity contribution in [1.29, 1.82) is 0 Å². The molecule has 1 aliphatic rings. The summed E-state index contributed by atoms with van der Waals surface area (Å²) in [5.74, 6) is -0.818. The van der Waals surface area contributed by atoms with E-state index < -0.39 is 36.0 Å². The Bertz CT molecular complexity index is 1030. The number of benzene rings is 2. The molecule has 8 nitrogen and oxygen atoms in total. The molecule has 2 aromatic rings. The van der Waals surface area contributed by atoms with Gasteiger partial charge < -0.3 is 20.5 Å². The Morgan fingerprint density at radius 3 is 2.59 bits per heavy atom. The van der Waals surface area contributed by atoms with Gasteiger partial charge in [-0.1, -0.05) is 59.1 Å². The van der Waals surface area contributed by atoms with E-state index in [1.165, 1.54) is 0 Å². The monoisotopic (exact) mass is 479 g/mol. The molecule has 3 rings (SSSR count). The summed E-state index contributed by atoms with van der Waals surface area (Å²) in [7, 11) is 0. The third-order valence-electron chi connectivity index (χ3n) is 5.09. The summed E-state index contributed by atoms with van der Waals surface area (Å²) in [6, 6.07) is 11.4. The molecule has 4 amide bonds. The highest BCUT2D eigenvalue weighted by Crippen LogP contribution is 2.31. The Hall–Kier alpha value is -2.81. The number of halogens is 2. The van der Waals surface area contributed by atoms with E-state index in [-0.39, 0.29) is 18.2 Å². The summed E-state index contributed by atoms with van der Waals surface area (Å²) in [5.41, 5.74) is 0.386. The fraction of sp³-hybridized carbons (Fsp3) is 0.318. The van der Waals surface area contributed by atoms with E-state index in [0.717, 1.165) is 10.5 Å². The van der Waals surface area contributed by atoms with Crippen LogP contribution >= 0.6 is 23.2 Å². The number of urea groups is 1. The number of nitrogens with zero attached hydrogens (tertiary/aromatic N) is 1. The van der Waals surface area contributed by atoms with E-state index in [1.54, 1.807) is 37.3 Å². The minimum atomic E-state index is -1.26. The summed E-state index contributed by atoms with van der Waals surface area (Å²) in [6.45, 7) is 2.75. The van der Waals surface area contributed by atoms with E-state index in [0.29, 0.717) is 16.3 Å². The van der Waals surface area contributed by atoms with E-state index in [2.05, 4.69) is 10.6 Å². The van der Waals surface area contributed by atoms with Gasteiger partial charge >= 0.3 is 6.03 Å². The van der Waals surface area contributed by atoms with Gasteiger partial charge in [0, 0.05) is 6.54 Å². The van der Waals surface area contributed by atoms with Crippen molar-refractivity contribution in [3.8, 4) is 5.75 Å². The van der Waals surface area contributed by atoms with Crippen LogP contribution in [0.1, 0.15) is 18.1 Å². The van der Waals surface area contributed by atoms with Gasteiger partial charge in [0.05, 0.1) is 5.02 Å². The van der Waals surface area contributed by atoms with E-state index >= 15 is 0 Å². The Morgan fingerprint density at radius 1 is 1.22 bits per heavy atom.